The van der Waals surface area contributed by atoms with Crippen LogP contribution in [-0.2, 0) is 4.79 Å². The van der Waals surface area contributed by atoms with E-state index in [1.54, 1.807) is 13.0 Å². The van der Waals surface area contributed by atoms with Gasteiger partial charge >= 0.3 is 0 Å². The SMILES string of the molecule is CCC1CCCCC1/C=C/C(C)=O. The fourth-order valence-electron chi connectivity index (χ4n) is 2.26. The maximum absolute atomic E-state index is 10.8. The smallest absolute Gasteiger partial charge is 0.152 e. The normalized spacial score (nSPS) is 29.4. The molecule has 0 aromatic rings. The largest absolute Gasteiger partial charge is 0.295 e. The van der Waals surface area contributed by atoms with Crippen molar-refractivity contribution in [3.63, 3.8) is 0 Å². The molecule has 1 nitrogen and oxygen atoms in total. The summed E-state index contributed by atoms with van der Waals surface area (Å²) in [5, 5.41) is 0. The lowest BCUT2D eigenvalue weighted by Gasteiger charge is -2.28. The summed E-state index contributed by atoms with van der Waals surface area (Å²) in [5.74, 6) is 1.67. The van der Waals surface area contributed by atoms with Crippen LogP contribution in [0.1, 0.15) is 46.0 Å². The van der Waals surface area contributed by atoms with Gasteiger partial charge in [0.15, 0.2) is 5.78 Å². The summed E-state index contributed by atoms with van der Waals surface area (Å²) in [4.78, 5) is 10.8. The monoisotopic (exact) mass is 180 g/mol. The van der Waals surface area contributed by atoms with Crippen LogP contribution in [0.15, 0.2) is 12.2 Å². The first-order valence-electron chi connectivity index (χ1n) is 5.42. The molecule has 0 radical (unpaired) electrons. The maximum Gasteiger partial charge on any atom is 0.152 e. The van der Waals surface area contributed by atoms with Gasteiger partial charge in [0, 0.05) is 0 Å². The number of allylic oxidation sites excluding steroid dienone is 2. The molecule has 0 bridgehead atoms. The van der Waals surface area contributed by atoms with Crippen LogP contribution in [0.3, 0.4) is 0 Å². The molecule has 1 aliphatic rings. The third kappa shape index (κ3) is 3.33. The summed E-state index contributed by atoms with van der Waals surface area (Å²) in [6.45, 7) is 3.88. The van der Waals surface area contributed by atoms with Gasteiger partial charge in [0.2, 0.25) is 0 Å². The van der Waals surface area contributed by atoms with Crippen molar-refractivity contribution in [2.45, 2.75) is 46.0 Å². The maximum atomic E-state index is 10.8. The summed E-state index contributed by atoms with van der Waals surface area (Å²) in [7, 11) is 0. The summed E-state index contributed by atoms with van der Waals surface area (Å²) in [5.41, 5.74) is 0. The summed E-state index contributed by atoms with van der Waals surface area (Å²) in [6.07, 6.45) is 10.5. The lowest BCUT2D eigenvalue weighted by molar-refractivity contribution is -0.112. The standard InChI is InChI=1S/C12H20O/c1-3-11-6-4-5-7-12(11)9-8-10(2)13/h8-9,11-12H,3-7H2,1-2H3/b9-8+. The van der Waals surface area contributed by atoms with Gasteiger partial charge in [-0.05, 0) is 37.7 Å². The van der Waals surface area contributed by atoms with Crippen LogP contribution in [0.5, 0.6) is 0 Å². The van der Waals surface area contributed by atoms with Crippen LogP contribution in [-0.4, -0.2) is 5.78 Å². The molecule has 0 amide bonds. The molecule has 1 fully saturated rings. The fourth-order valence-corrected chi connectivity index (χ4v) is 2.26. The van der Waals surface area contributed by atoms with E-state index < -0.39 is 0 Å². The van der Waals surface area contributed by atoms with Gasteiger partial charge in [0.05, 0.1) is 0 Å². The summed E-state index contributed by atoms with van der Waals surface area (Å²) >= 11 is 0. The molecule has 1 heteroatoms. The summed E-state index contributed by atoms with van der Waals surface area (Å²) in [6, 6.07) is 0. The van der Waals surface area contributed by atoms with Gasteiger partial charge in [-0.15, -0.1) is 0 Å². The van der Waals surface area contributed by atoms with Gasteiger partial charge in [0.25, 0.3) is 0 Å². The average Bonchev–Trinajstić information content (AvgIpc) is 2.15. The predicted molar refractivity (Wildman–Crippen MR) is 55.6 cm³/mol. The van der Waals surface area contributed by atoms with Gasteiger partial charge in [0.1, 0.15) is 0 Å². The second-order valence-corrected chi connectivity index (χ2v) is 4.09. The molecule has 0 aromatic carbocycles. The molecular formula is C12H20O. The van der Waals surface area contributed by atoms with Crippen LogP contribution < -0.4 is 0 Å². The van der Waals surface area contributed by atoms with E-state index in [4.69, 9.17) is 0 Å². The Hall–Kier alpha value is -0.590. The van der Waals surface area contributed by atoms with Crippen LogP contribution in [0.4, 0.5) is 0 Å². The van der Waals surface area contributed by atoms with Gasteiger partial charge in [-0.3, -0.25) is 4.79 Å². The van der Waals surface area contributed by atoms with E-state index in [0.29, 0.717) is 5.92 Å². The molecule has 0 N–H and O–H groups in total. The molecule has 0 aromatic heterocycles. The number of carbonyl (C=O) groups is 1. The molecule has 1 rings (SSSR count). The highest BCUT2D eigenvalue weighted by atomic mass is 16.1. The molecule has 0 spiro atoms. The lowest BCUT2D eigenvalue weighted by Crippen LogP contribution is -2.16. The van der Waals surface area contributed by atoms with E-state index >= 15 is 0 Å². The minimum atomic E-state index is 0.181. The zero-order valence-corrected chi connectivity index (χ0v) is 8.75. The number of hydrogen-bond donors (Lipinski definition) is 0. The van der Waals surface area contributed by atoms with E-state index in [0.717, 1.165) is 5.92 Å². The first kappa shape index (κ1) is 10.5. The predicted octanol–water partition coefficient (Wildman–Crippen LogP) is 3.35. The van der Waals surface area contributed by atoms with Crippen molar-refractivity contribution in [1.29, 1.82) is 0 Å². The van der Waals surface area contributed by atoms with Gasteiger partial charge < -0.3 is 0 Å². The zero-order chi connectivity index (χ0) is 9.68. The molecule has 2 unspecified atom stereocenters. The highest BCUT2D eigenvalue weighted by Crippen LogP contribution is 2.32. The molecule has 13 heavy (non-hydrogen) atoms. The van der Waals surface area contributed by atoms with Crippen molar-refractivity contribution < 1.29 is 4.79 Å². The Bertz CT molecular complexity index is 193. The van der Waals surface area contributed by atoms with Crippen LogP contribution in [0.2, 0.25) is 0 Å². The topological polar surface area (TPSA) is 17.1 Å². The minimum absolute atomic E-state index is 0.181. The van der Waals surface area contributed by atoms with E-state index in [-0.39, 0.29) is 5.78 Å². The van der Waals surface area contributed by atoms with E-state index in [1.165, 1.54) is 32.1 Å². The summed E-state index contributed by atoms with van der Waals surface area (Å²) < 4.78 is 0. The second-order valence-electron chi connectivity index (χ2n) is 4.09. The van der Waals surface area contributed by atoms with E-state index in [2.05, 4.69) is 13.0 Å². The van der Waals surface area contributed by atoms with Gasteiger partial charge in [-0.25, -0.2) is 0 Å². The highest BCUT2D eigenvalue weighted by molar-refractivity contribution is 5.87. The number of carbonyl (C=O) groups excluding carboxylic acids is 1. The highest BCUT2D eigenvalue weighted by Gasteiger charge is 2.20. The Balaban J connectivity index is 2.49. The van der Waals surface area contributed by atoms with E-state index in [9.17, 15) is 4.79 Å². The number of ketones is 1. The molecule has 0 aliphatic heterocycles. The van der Waals surface area contributed by atoms with Crippen LogP contribution in [0, 0.1) is 11.8 Å². The van der Waals surface area contributed by atoms with Crippen molar-refractivity contribution in [2.24, 2.45) is 11.8 Å². The van der Waals surface area contributed by atoms with Gasteiger partial charge in [-0.1, -0.05) is 32.3 Å². The Labute approximate surface area is 81.2 Å². The van der Waals surface area contributed by atoms with Crippen molar-refractivity contribution >= 4 is 5.78 Å². The Morgan fingerprint density at radius 3 is 2.69 bits per heavy atom. The minimum Gasteiger partial charge on any atom is -0.295 e. The Kier molecular flexibility index (Phi) is 4.20. The van der Waals surface area contributed by atoms with E-state index in [1.807, 2.05) is 0 Å². The Morgan fingerprint density at radius 2 is 2.08 bits per heavy atom. The zero-order valence-electron chi connectivity index (χ0n) is 8.75. The first-order valence-corrected chi connectivity index (χ1v) is 5.42. The molecule has 74 valence electrons. The quantitative estimate of drug-likeness (QED) is 0.609. The van der Waals surface area contributed by atoms with Gasteiger partial charge in [-0.2, -0.15) is 0 Å². The molecule has 1 saturated carbocycles. The van der Waals surface area contributed by atoms with Crippen LogP contribution >= 0.6 is 0 Å². The van der Waals surface area contributed by atoms with Crippen LogP contribution in [0.25, 0.3) is 0 Å². The average molecular weight is 180 g/mol. The molecule has 1 aliphatic carbocycles. The lowest BCUT2D eigenvalue weighted by atomic mass is 9.77. The van der Waals surface area contributed by atoms with Crippen molar-refractivity contribution in [3.05, 3.63) is 12.2 Å². The number of rotatable bonds is 3. The molecule has 0 heterocycles. The molecule has 0 saturated heterocycles. The number of hydrogen-bond acceptors (Lipinski definition) is 1. The molecule has 2 atom stereocenters. The molecular weight excluding hydrogens is 160 g/mol. The third-order valence-corrected chi connectivity index (χ3v) is 3.07. The van der Waals surface area contributed by atoms with Crippen molar-refractivity contribution in [3.8, 4) is 0 Å². The second kappa shape index (κ2) is 5.21. The Morgan fingerprint density at radius 1 is 1.38 bits per heavy atom. The fraction of sp³-hybridized carbons (Fsp3) is 0.750. The third-order valence-electron chi connectivity index (χ3n) is 3.07. The van der Waals surface area contributed by atoms with Crippen molar-refractivity contribution in [2.75, 3.05) is 0 Å². The van der Waals surface area contributed by atoms with Crippen molar-refractivity contribution in [1.82, 2.24) is 0 Å². The first-order chi connectivity index (χ1) is 6.24.